The number of hydrogen-bond acceptors (Lipinski definition) is 2. The maximum atomic E-state index is 12.4. The Morgan fingerprint density at radius 3 is 2.61 bits per heavy atom. The van der Waals surface area contributed by atoms with Crippen LogP contribution in [0.4, 0.5) is 0 Å². The van der Waals surface area contributed by atoms with Gasteiger partial charge in [-0.2, -0.15) is 0 Å². The third-order valence-electron chi connectivity index (χ3n) is 8.09. The molecule has 1 N–H and O–H groups in total. The molecule has 0 unspecified atom stereocenters. The number of Topliss-reactive ketones (excluding diaryl/α,β-unsaturated/α-hetero) is 1. The van der Waals surface area contributed by atoms with Crippen molar-refractivity contribution in [3.63, 3.8) is 0 Å². The van der Waals surface area contributed by atoms with E-state index in [0.29, 0.717) is 23.5 Å². The number of aliphatic hydroxyl groups excluding tert-OH is 1. The first-order valence-electron chi connectivity index (χ1n) is 9.30. The minimum absolute atomic E-state index is 0.0669. The lowest BCUT2D eigenvalue weighted by Crippen LogP contribution is -2.52. The average molecular weight is 312 g/mol. The average Bonchev–Trinajstić information content (AvgIpc) is 2.83. The fourth-order valence-corrected chi connectivity index (χ4v) is 6.72. The molecule has 2 nitrogen and oxygen atoms in total. The van der Waals surface area contributed by atoms with Crippen molar-refractivity contribution in [3.05, 3.63) is 11.6 Å². The van der Waals surface area contributed by atoms with Crippen molar-refractivity contribution in [2.24, 2.45) is 34.5 Å². The summed E-state index contributed by atoms with van der Waals surface area (Å²) in [6.07, 6.45) is 14.7. The van der Waals surface area contributed by atoms with Crippen LogP contribution in [0, 0.1) is 46.8 Å². The van der Waals surface area contributed by atoms with Gasteiger partial charge in [0.25, 0.3) is 0 Å². The Morgan fingerprint density at radius 2 is 1.87 bits per heavy atom. The molecule has 0 aromatic rings. The normalized spacial score (nSPS) is 52.0. The van der Waals surface area contributed by atoms with Crippen LogP contribution in [0.15, 0.2) is 11.6 Å². The number of rotatable bonds is 0. The fraction of sp³-hybridized carbons (Fsp3) is 0.762. The molecule has 0 heterocycles. The van der Waals surface area contributed by atoms with E-state index in [1.54, 1.807) is 0 Å². The third kappa shape index (κ3) is 1.89. The lowest BCUT2D eigenvalue weighted by atomic mass is 9.47. The van der Waals surface area contributed by atoms with E-state index in [-0.39, 0.29) is 22.9 Å². The highest BCUT2D eigenvalue weighted by Gasteiger charge is 2.59. The van der Waals surface area contributed by atoms with E-state index >= 15 is 0 Å². The minimum Gasteiger partial charge on any atom is -0.391 e. The maximum absolute atomic E-state index is 12.4. The van der Waals surface area contributed by atoms with Crippen LogP contribution in [-0.2, 0) is 4.79 Å². The van der Waals surface area contributed by atoms with Crippen molar-refractivity contribution in [2.75, 3.05) is 0 Å². The second-order valence-electron chi connectivity index (χ2n) is 8.86. The molecular formula is C21H28O2. The number of hydrogen-bond donors (Lipinski definition) is 1. The summed E-state index contributed by atoms with van der Waals surface area (Å²) in [4.78, 5) is 12.4. The predicted molar refractivity (Wildman–Crippen MR) is 90.4 cm³/mol. The molecule has 3 fully saturated rings. The molecule has 0 amide bonds. The molecule has 0 spiro atoms. The Balaban J connectivity index is 1.73. The summed E-state index contributed by atoms with van der Waals surface area (Å²) < 4.78 is 0. The summed E-state index contributed by atoms with van der Waals surface area (Å²) in [6.45, 7) is 4.60. The lowest BCUT2D eigenvalue weighted by Gasteiger charge is -2.57. The van der Waals surface area contributed by atoms with Gasteiger partial charge in [-0.15, -0.1) is 6.42 Å². The summed E-state index contributed by atoms with van der Waals surface area (Å²) >= 11 is 0. The van der Waals surface area contributed by atoms with Gasteiger partial charge in [0.2, 0.25) is 0 Å². The van der Waals surface area contributed by atoms with Gasteiger partial charge in [-0.25, -0.2) is 0 Å². The highest BCUT2D eigenvalue weighted by atomic mass is 16.3. The smallest absolute Gasteiger partial charge is 0.139 e. The molecule has 0 aromatic heterocycles. The molecule has 0 aliphatic heterocycles. The lowest BCUT2D eigenvalue weighted by molar-refractivity contribution is -0.132. The van der Waals surface area contributed by atoms with Gasteiger partial charge in [-0.3, -0.25) is 4.79 Å². The van der Waals surface area contributed by atoms with E-state index in [0.717, 1.165) is 44.9 Å². The second-order valence-corrected chi connectivity index (χ2v) is 8.86. The Morgan fingerprint density at radius 1 is 1.17 bits per heavy atom. The monoisotopic (exact) mass is 312 g/mol. The van der Waals surface area contributed by atoms with E-state index in [4.69, 9.17) is 6.42 Å². The van der Waals surface area contributed by atoms with Crippen LogP contribution in [0.25, 0.3) is 0 Å². The zero-order chi connectivity index (χ0) is 16.4. The van der Waals surface area contributed by atoms with Gasteiger partial charge >= 0.3 is 0 Å². The number of allylic oxidation sites excluding steroid dienone is 1. The van der Waals surface area contributed by atoms with Gasteiger partial charge in [0.1, 0.15) is 5.78 Å². The van der Waals surface area contributed by atoms with Crippen molar-refractivity contribution < 1.29 is 9.90 Å². The summed E-state index contributed by atoms with van der Waals surface area (Å²) in [6, 6.07) is 0. The minimum atomic E-state index is -0.377. The van der Waals surface area contributed by atoms with Crippen molar-refractivity contribution >= 4 is 5.78 Å². The second kappa shape index (κ2) is 4.96. The summed E-state index contributed by atoms with van der Waals surface area (Å²) in [7, 11) is 0. The van der Waals surface area contributed by atoms with Gasteiger partial charge < -0.3 is 5.11 Å². The van der Waals surface area contributed by atoms with E-state index in [1.807, 2.05) is 0 Å². The van der Waals surface area contributed by atoms with Gasteiger partial charge in [-0.1, -0.05) is 31.4 Å². The van der Waals surface area contributed by atoms with Crippen LogP contribution in [-0.4, -0.2) is 17.0 Å². The number of ketones is 1. The summed E-state index contributed by atoms with van der Waals surface area (Å²) in [5.41, 5.74) is 1.39. The van der Waals surface area contributed by atoms with Gasteiger partial charge in [0.15, 0.2) is 0 Å². The first-order chi connectivity index (χ1) is 10.9. The first kappa shape index (κ1) is 15.5. The Bertz CT molecular complexity index is 612. The van der Waals surface area contributed by atoms with Crippen LogP contribution < -0.4 is 0 Å². The molecule has 0 radical (unpaired) electrons. The molecule has 4 rings (SSSR count). The van der Waals surface area contributed by atoms with E-state index in [2.05, 4.69) is 25.8 Å². The number of carbonyl (C=O) groups is 1. The molecule has 4 aliphatic carbocycles. The molecule has 3 saturated carbocycles. The molecule has 0 saturated heterocycles. The van der Waals surface area contributed by atoms with E-state index < -0.39 is 0 Å². The molecule has 0 aromatic carbocycles. The van der Waals surface area contributed by atoms with Crippen molar-refractivity contribution in [2.45, 2.75) is 64.9 Å². The van der Waals surface area contributed by atoms with Gasteiger partial charge in [-0.05, 0) is 61.7 Å². The highest BCUT2D eigenvalue weighted by Crippen LogP contribution is 2.64. The quantitative estimate of drug-likeness (QED) is 0.546. The molecule has 23 heavy (non-hydrogen) atoms. The van der Waals surface area contributed by atoms with E-state index in [1.165, 1.54) is 5.57 Å². The summed E-state index contributed by atoms with van der Waals surface area (Å²) in [5, 5.41) is 10.3. The zero-order valence-electron chi connectivity index (χ0n) is 14.3. The van der Waals surface area contributed by atoms with E-state index in [9.17, 15) is 9.90 Å². The molecule has 4 aliphatic rings. The highest BCUT2D eigenvalue weighted by molar-refractivity contribution is 5.87. The van der Waals surface area contributed by atoms with Crippen molar-refractivity contribution in [1.29, 1.82) is 0 Å². The van der Waals surface area contributed by atoms with Crippen LogP contribution in [0.1, 0.15) is 58.8 Å². The van der Waals surface area contributed by atoms with Crippen molar-refractivity contribution in [1.82, 2.24) is 0 Å². The molecule has 7 atom stereocenters. The topological polar surface area (TPSA) is 37.3 Å². The van der Waals surface area contributed by atoms with Crippen LogP contribution >= 0.6 is 0 Å². The Labute approximate surface area is 139 Å². The number of fused-ring (bicyclic) bond motifs is 5. The summed E-state index contributed by atoms with van der Waals surface area (Å²) in [5.74, 6) is 5.08. The first-order valence-corrected chi connectivity index (χ1v) is 9.30. The molecule has 124 valence electrons. The largest absolute Gasteiger partial charge is 0.391 e. The van der Waals surface area contributed by atoms with Gasteiger partial charge in [0.05, 0.1) is 12.0 Å². The van der Waals surface area contributed by atoms with Crippen molar-refractivity contribution in [3.8, 4) is 12.3 Å². The van der Waals surface area contributed by atoms with Gasteiger partial charge in [0, 0.05) is 11.8 Å². The number of carbonyl (C=O) groups excluding carboxylic acids is 1. The van der Waals surface area contributed by atoms with Crippen LogP contribution in [0.5, 0.6) is 0 Å². The van der Waals surface area contributed by atoms with Crippen LogP contribution in [0.2, 0.25) is 0 Å². The standard InChI is InChI=1S/C21H28O2/c1-4-13-15-6-5-14-16-7-8-19(23)21(16,3)11-9-17(14)20(15,2)12-10-18(13)22/h1,6,13-14,16-18,22H,5,7-12H2,2-3H3/t13-,14+,16+,17+,18+,20+,21+/m1/s1. The predicted octanol–water partition coefficient (Wildman–Crippen LogP) is 3.74. The zero-order valence-corrected chi connectivity index (χ0v) is 14.3. The Hall–Kier alpha value is -1.07. The molecule has 2 heteroatoms. The fourth-order valence-electron chi connectivity index (χ4n) is 6.72. The number of aliphatic hydroxyl groups is 1. The molecular weight excluding hydrogens is 284 g/mol. The third-order valence-corrected chi connectivity index (χ3v) is 8.09. The SMILES string of the molecule is C#C[C@@H]1C2=CC[C@@H]3[C@H](CC[C@]4(C)C(=O)CC[C@@H]34)[C@@]2(C)CC[C@@H]1O. The number of terminal acetylenes is 1. The maximum Gasteiger partial charge on any atom is 0.139 e. The molecule has 0 bridgehead atoms. The Kier molecular flexibility index (Phi) is 3.34. The van der Waals surface area contributed by atoms with Crippen LogP contribution in [0.3, 0.4) is 0 Å².